The predicted octanol–water partition coefficient (Wildman–Crippen LogP) is 2.69. The summed E-state index contributed by atoms with van der Waals surface area (Å²) in [4.78, 5) is 22.1. The molecule has 0 heterocycles. The first-order valence-electron chi connectivity index (χ1n) is 4.99. The Morgan fingerprint density at radius 1 is 0.650 bits per heavy atom. The van der Waals surface area contributed by atoms with Crippen molar-refractivity contribution in [2.24, 2.45) is 0 Å². The SMILES string of the molecule is C.C.C.C.COCCOC(=O)CCC(=O)OCCOC. The van der Waals surface area contributed by atoms with E-state index in [2.05, 4.69) is 0 Å². The van der Waals surface area contributed by atoms with Crippen LogP contribution in [-0.4, -0.2) is 52.6 Å². The van der Waals surface area contributed by atoms with Crippen molar-refractivity contribution in [1.29, 1.82) is 0 Å². The van der Waals surface area contributed by atoms with Crippen molar-refractivity contribution in [3.05, 3.63) is 0 Å². The normalized spacial score (nSPS) is 7.90. The summed E-state index contributed by atoms with van der Waals surface area (Å²) in [5, 5.41) is 0. The molecule has 6 heteroatoms. The summed E-state index contributed by atoms with van der Waals surface area (Å²) in [5.74, 6) is -0.860. The van der Waals surface area contributed by atoms with E-state index in [0.29, 0.717) is 13.2 Å². The van der Waals surface area contributed by atoms with Gasteiger partial charge in [-0.05, 0) is 0 Å². The molecule has 126 valence electrons. The fourth-order valence-electron chi connectivity index (χ4n) is 0.826. The van der Waals surface area contributed by atoms with Crippen molar-refractivity contribution >= 4 is 11.9 Å². The number of hydrogen-bond acceptors (Lipinski definition) is 6. The molecule has 0 fully saturated rings. The number of hydrogen-bond donors (Lipinski definition) is 0. The highest BCUT2D eigenvalue weighted by molar-refractivity contribution is 5.77. The van der Waals surface area contributed by atoms with Crippen molar-refractivity contribution in [2.75, 3.05) is 40.6 Å². The molecule has 0 aliphatic carbocycles. The Labute approximate surface area is 124 Å². The molecule has 0 aromatic heterocycles. The summed E-state index contributed by atoms with van der Waals surface area (Å²) in [5.41, 5.74) is 0. The monoisotopic (exact) mass is 298 g/mol. The van der Waals surface area contributed by atoms with E-state index in [1.54, 1.807) is 0 Å². The quantitative estimate of drug-likeness (QED) is 0.481. The molecule has 0 aromatic rings. The number of methoxy groups -OCH3 is 2. The molecule has 0 rings (SSSR count). The Bertz CT molecular complexity index is 184. The zero-order valence-corrected chi connectivity index (χ0v) is 9.69. The van der Waals surface area contributed by atoms with Crippen molar-refractivity contribution in [2.45, 2.75) is 42.5 Å². The average Bonchev–Trinajstić information content (AvgIpc) is 2.27. The average molecular weight is 298 g/mol. The molecule has 0 N–H and O–H groups in total. The van der Waals surface area contributed by atoms with Gasteiger partial charge in [-0.3, -0.25) is 9.59 Å². The molecule has 0 aliphatic heterocycles. The van der Waals surface area contributed by atoms with Gasteiger partial charge in [0.05, 0.1) is 26.1 Å². The fourth-order valence-corrected chi connectivity index (χ4v) is 0.826. The molecule has 0 aromatic carbocycles. The standard InChI is InChI=1S/C10H18O6.4CH4/c1-13-5-7-15-9(11)3-4-10(12)16-8-6-14-2;;;;/h3-8H2,1-2H3;4*1H4. The first-order valence-corrected chi connectivity index (χ1v) is 4.99. The molecule has 20 heavy (non-hydrogen) atoms. The van der Waals surface area contributed by atoms with E-state index in [1.165, 1.54) is 14.2 Å². The van der Waals surface area contributed by atoms with Crippen LogP contribution in [0.2, 0.25) is 0 Å². The van der Waals surface area contributed by atoms with Crippen LogP contribution < -0.4 is 0 Å². The van der Waals surface area contributed by atoms with E-state index in [-0.39, 0.29) is 55.8 Å². The maximum absolute atomic E-state index is 11.0. The number of carbonyl (C=O) groups is 2. The lowest BCUT2D eigenvalue weighted by molar-refractivity contribution is -0.151. The maximum atomic E-state index is 11.0. The van der Waals surface area contributed by atoms with Crippen LogP contribution in [0.5, 0.6) is 0 Å². The molecule has 6 nitrogen and oxygen atoms in total. The Balaban J connectivity index is -0.000000187. The first kappa shape index (κ1) is 31.3. The lowest BCUT2D eigenvalue weighted by Gasteiger charge is -2.04. The number of rotatable bonds is 9. The van der Waals surface area contributed by atoms with Gasteiger partial charge < -0.3 is 18.9 Å². The second kappa shape index (κ2) is 23.0. The van der Waals surface area contributed by atoms with Gasteiger partial charge in [-0.2, -0.15) is 0 Å². The molecule has 0 aliphatic rings. The highest BCUT2D eigenvalue weighted by Gasteiger charge is 2.08. The minimum Gasteiger partial charge on any atom is -0.463 e. The van der Waals surface area contributed by atoms with Crippen molar-refractivity contribution in [3.63, 3.8) is 0 Å². The molecule has 0 atom stereocenters. The van der Waals surface area contributed by atoms with Crippen molar-refractivity contribution < 1.29 is 28.5 Å². The Kier molecular flexibility index (Phi) is 36.0. The molecular weight excluding hydrogens is 264 g/mol. The van der Waals surface area contributed by atoms with Gasteiger partial charge in [0.2, 0.25) is 0 Å². The van der Waals surface area contributed by atoms with Gasteiger partial charge in [0.15, 0.2) is 0 Å². The molecule has 0 saturated carbocycles. The van der Waals surface area contributed by atoms with Crippen LogP contribution >= 0.6 is 0 Å². The summed E-state index contributed by atoms with van der Waals surface area (Å²) in [6.07, 6.45) is 0.0467. The predicted molar refractivity (Wildman–Crippen MR) is 81.8 cm³/mol. The molecule has 0 spiro atoms. The van der Waals surface area contributed by atoms with Crippen LogP contribution in [0, 0.1) is 0 Å². The van der Waals surface area contributed by atoms with Gasteiger partial charge in [-0.25, -0.2) is 0 Å². The van der Waals surface area contributed by atoms with E-state index in [1.807, 2.05) is 0 Å². The van der Waals surface area contributed by atoms with Gasteiger partial charge in [0, 0.05) is 14.2 Å². The maximum Gasteiger partial charge on any atom is 0.306 e. The third kappa shape index (κ3) is 22.1. The zero-order chi connectivity index (χ0) is 12.2. The third-order valence-corrected chi connectivity index (χ3v) is 1.63. The van der Waals surface area contributed by atoms with Crippen LogP contribution in [0.4, 0.5) is 0 Å². The lowest BCUT2D eigenvalue weighted by atomic mass is 10.3. The van der Waals surface area contributed by atoms with Gasteiger partial charge in [0.1, 0.15) is 13.2 Å². The van der Waals surface area contributed by atoms with E-state index in [9.17, 15) is 9.59 Å². The summed E-state index contributed by atoms with van der Waals surface area (Å²) >= 11 is 0. The Morgan fingerprint density at radius 2 is 0.950 bits per heavy atom. The minimum absolute atomic E-state index is 0. The summed E-state index contributed by atoms with van der Waals surface area (Å²) in [7, 11) is 3.03. The molecule has 0 bridgehead atoms. The van der Waals surface area contributed by atoms with E-state index in [0.717, 1.165) is 0 Å². The van der Waals surface area contributed by atoms with Gasteiger partial charge in [-0.15, -0.1) is 0 Å². The second-order valence-electron chi connectivity index (χ2n) is 2.93. The summed E-state index contributed by atoms with van der Waals surface area (Å²) in [6, 6.07) is 0. The van der Waals surface area contributed by atoms with Crippen LogP contribution in [-0.2, 0) is 28.5 Å². The van der Waals surface area contributed by atoms with Crippen molar-refractivity contribution in [1.82, 2.24) is 0 Å². The third-order valence-electron chi connectivity index (χ3n) is 1.63. The molecule has 0 radical (unpaired) electrons. The Hall–Kier alpha value is -1.14. The van der Waals surface area contributed by atoms with Crippen LogP contribution in [0.1, 0.15) is 42.5 Å². The van der Waals surface area contributed by atoms with Crippen LogP contribution in [0.25, 0.3) is 0 Å². The summed E-state index contributed by atoms with van der Waals surface area (Å²) in [6.45, 7) is 1.11. The number of esters is 2. The lowest BCUT2D eigenvalue weighted by Crippen LogP contribution is -2.14. The Morgan fingerprint density at radius 3 is 1.20 bits per heavy atom. The molecule has 0 unspecified atom stereocenters. The van der Waals surface area contributed by atoms with E-state index < -0.39 is 11.9 Å². The van der Waals surface area contributed by atoms with Gasteiger partial charge in [0.25, 0.3) is 0 Å². The number of carbonyl (C=O) groups excluding carboxylic acids is 2. The van der Waals surface area contributed by atoms with Crippen LogP contribution in [0.15, 0.2) is 0 Å². The molecular formula is C14H34O6. The molecule has 0 amide bonds. The highest BCUT2D eigenvalue weighted by atomic mass is 16.6. The summed E-state index contributed by atoms with van der Waals surface area (Å²) < 4.78 is 18.9. The topological polar surface area (TPSA) is 71.1 Å². The highest BCUT2D eigenvalue weighted by Crippen LogP contribution is 1.96. The van der Waals surface area contributed by atoms with E-state index >= 15 is 0 Å². The largest absolute Gasteiger partial charge is 0.463 e. The van der Waals surface area contributed by atoms with Crippen LogP contribution in [0.3, 0.4) is 0 Å². The second-order valence-corrected chi connectivity index (χ2v) is 2.93. The first-order chi connectivity index (χ1) is 7.70. The van der Waals surface area contributed by atoms with Gasteiger partial charge in [-0.1, -0.05) is 29.7 Å². The van der Waals surface area contributed by atoms with E-state index in [4.69, 9.17) is 18.9 Å². The molecule has 0 saturated heterocycles. The minimum atomic E-state index is -0.430. The smallest absolute Gasteiger partial charge is 0.306 e. The number of ether oxygens (including phenoxy) is 4. The van der Waals surface area contributed by atoms with Crippen molar-refractivity contribution in [3.8, 4) is 0 Å². The zero-order valence-electron chi connectivity index (χ0n) is 9.69. The van der Waals surface area contributed by atoms with Gasteiger partial charge >= 0.3 is 11.9 Å². The fraction of sp³-hybridized carbons (Fsp3) is 0.857.